The number of phenolic OH excluding ortho intramolecular Hbond substituents is 4. The Morgan fingerprint density at radius 3 is 2.30 bits per heavy atom. The van der Waals surface area contributed by atoms with E-state index < -0.39 is 49.4 Å². The minimum Gasteiger partial charge on any atom is -0.508 e. The van der Waals surface area contributed by atoms with Gasteiger partial charge in [-0.05, 0) is 35.9 Å². The highest BCUT2D eigenvalue weighted by molar-refractivity contribution is 5.89. The number of aliphatic hydroxyl groups is 4. The van der Waals surface area contributed by atoms with E-state index in [4.69, 9.17) is 18.9 Å². The molecule has 2 aliphatic heterocycles. The lowest BCUT2D eigenvalue weighted by atomic mass is 9.99. The molecular weight excluding hydrogens is 568 g/mol. The summed E-state index contributed by atoms with van der Waals surface area (Å²) in [6.07, 6.45) is -4.81. The minimum atomic E-state index is -1.73. The first-order valence-corrected chi connectivity index (χ1v) is 13.0. The van der Waals surface area contributed by atoms with Gasteiger partial charge >= 0.3 is 5.97 Å². The molecule has 1 saturated heterocycles. The lowest BCUT2D eigenvalue weighted by molar-refractivity contribution is -0.277. The van der Waals surface area contributed by atoms with Crippen LogP contribution in [0.1, 0.15) is 22.8 Å². The maximum atomic E-state index is 10.6. The van der Waals surface area contributed by atoms with Gasteiger partial charge in [0.25, 0.3) is 5.76 Å². The molecule has 2 aliphatic rings. The van der Waals surface area contributed by atoms with Crippen molar-refractivity contribution in [2.45, 2.75) is 36.8 Å². The summed E-state index contributed by atoms with van der Waals surface area (Å²) in [6, 6.07) is 12.5. The van der Waals surface area contributed by atoms with Crippen LogP contribution in [0, 0.1) is 0 Å². The summed E-state index contributed by atoms with van der Waals surface area (Å²) in [5.41, 5.74) is 1.11. The Bertz CT molecular complexity index is 1550. The molecule has 13 nitrogen and oxygen atoms in total. The van der Waals surface area contributed by atoms with Gasteiger partial charge < -0.3 is 59.9 Å². The van der Waals surface area contributed by atoms with Gasteiger partial charge in [-0.1, -0.05) is 18.2 Å². The average molecular weight is 598 g/mol. The van der Waals surface area contributed by atoms with Crippen LogP contribution in [0.2, 0.25) is 0 Å². The summed E-state index contributed by atoms with van der Waals surface area (Å²) in [4.78, 5) is 10.6. The van der Waals surface area contributed by atoms with Crippen molar-refractivity contribution in [1.29, 1.82) is 0 Å². The van der Waals surface area contributed by atoms with Crippen molar-refractivity contribution in [1.82, 2.24) is 0 Å². The number of hydrogen-bond donors (Lipinski definition) is 8. The normalized spacial score (nSPS) is 25.0. The number of esters is 1. The van der Waals surface area contributed by atoms with Gasteiger partial charge in [0.15, 0.2) is 11.5 Å². The van der Waals surface area contributed by atoms with Crippen molar-refractivity contribution < 1.29 is 64.6 Å². The van der Waals surface area contributed by atoms with E-state index in [-0.39, 0.29) is 45.8 Å². The number of ether oxygens (including phenoxy) is 4. The van der Waals surface area contributed by atoms with E-state index in [0.29, 0.717) is 11.1 Å². The highest BCUT2D eigenvalue weighted by atomic mass is 16.7. The van der Waals surface area contributed by atoms with Crippen LogP contribution in [0.3, 0.4) is 0 Å². The maximum Gasteiger partial charge on any atom is 0.516 e. The SMILES string of the molecule is OCC1OC(Oc2cc(O)cc3c2C=C(OC(=[OH+])C=Cc2ccc(O)c(O)c2)C(c2ccc(O)cc2)O3)C(O)C(O)C1O. The smallest absolute Gasteiger partial charge is 0.508 e. The summed E-state index contributed by atoms with van der Waals surface area (Å²) < 4.78 is 23.1. The number of hydrogen-bond acceptors (Lipinski definition) is 12. The van der Waals surface area contributed by atoms with Crippen LogP contribution >= 0.6 is 0 Å². The van der Waals surface area contributed by atoms with Gasteiger partial charge in [-0.2, -0.15) is 0 Å². The number of carbonyl (C=O) groups excluding carboxylic acids is 1. The van der Waals surface area contributed by atoms with Crippen molar-refractivity contribution in [2.75, 3.05) is 6.61 Å². The van der Waals surface area contributed by atoms with Gasteiger partial charge in [0.1, 0.15) is 47.4 Å². The first-order valence-electron chi connectivity index (χ1n) is 13.0. The first kappa shape index (κ1) is 29.7. The van der Waals surface area contributed by atoms with Gasteiger partial charge in [0, 0.05) is 23.8 Å². The van der Waals surface area contributed by atoms with E-state index in [2.05, 4.69) is 0 Å². The molecule has 0 radical (unpaired) electrons. The van der Waals surface area contributed by atoms with Gasteiger partial charge in [0.2, 0.25) is 12.4 Å². The third-order valence-corrected chi connectivity index (χ3v) is 6.81. The predicted octanol–water partition coefficient (Wildman–Crippen LogP) is 1.39. The molecule has 6 unspecified atom stereocenters. The highest BCUT2D eigenvalue weighted by Gasteiger charge is 2.45. The largest absolute Gasteiger partial charge is 0.516 e. The second-order valence-electron chi connectivity index (χ2n) is 9.83. The Hall–Kier alpha value is -4.79. The van der Waals surface area contributed by atoms with Gasteiger partial charge in [-0.25, -0.2) is 0 Å². The molecule has 0 saturated carbocycles. The zero-order chi connectivity index (χ0) is 30.8. The molecule has 0 aliphatic carbocycles. The summed E-state index contributed by atoms with van der Waals surface area (Å²) >= 11 is 0. The monoisotopic (exact) mass is 597 g/mol. The molecule has 3 aromatic carbocycles. The standard InChI is InChI=1S/C30H28O13/c31-13-24-26(37)27(38)28(39)30(43-24)42-22-11-17(33)10-21-18(22)12-23(29(41-21)15-3-5-16(32)6-4-15)40-25(36)8-2-14-1-7-19(34)20(35)9-14/h1-12,24,26-35,37-39H,13H2/p+1. The zero-order valence-electron chi connectivity index (χ0n) is 22.3. The Labute approximate surface area is 244 Å². The third-order valence-electron chi connectivity index (χ3n) is 6.81. The lowest BCUT2D eigenvalue weighted by Gasteiger charge is -2.39. The molecule has 2 heterocycles. The van der Waals surface area contributed by atoms with Crippen molar-refractivity contribution in [3.8, 4) is 34.5 Å². The maximum absolute atomic E-state index is 10.6. The Balaban J connectivity index is 1.48. The lowest BCUT2D eigenvalue weighted by Crippen LogP contribution is -2.60. The molecule has 0 amide bonds. The molecule has 6 atom stereocenters. The molecule has 3 aromatic rings. The van der Waals surface area contributed by atoms with E-state index in [1.165, 1.54) is 60.7 Å². The molecule has 0 spiro atoms. The van der Waals surface area contributed by atoms with Crippen LogP contribution in [-0.2, 0) is 9.47 Å². The molecule has 43 heavy (non-hydrogen) atoms. The molecule has 226 valence electrons. The fourth-order valence-electron chi connectivity index (χ4n) is 4.55. The molecule has 5 rings (SSSR count). The Morgan fingerprint density at radius 1 is 0.860 bits per heavy atom. The van der Waals surface area contributed by atoms with Gasteiger partial charge in [-0.3, -0.25) is 4.74 Å². The van der Waals surface area contributed by atoms with Crippen LogP contribution in [0.25, 0.3) is 12.2 Å². The zero-order valence-corrected chi connectivity index (χ0v) is 22.3. The topological polar surface area (TPSA) is 220 Å². The fourth-order valence-corrected chi connectivity index (χ4v) is 4.55. The molecule has 9 N–H and O–H groups in total. The van der Waals surface area contributed by atoms with Crippen LogP contribution in [-0.4, -0.2) is 88.9 Å². The van der Waals surface area contributed by atoms with E-state index in [1.807, 2.05) is 0 Å². The molecule has 13 heteroatoms. The number of aliphatic hydroxyl groups excluding tert-OH is 4. The van der Waals surface area contributed by atoms with Crippen LogP contribution in [0.5, 0.6) is 34.5 Å². The Kier molecular flexibility index (Phi) is 8.43. The van der Waals surface area contributed by atoms with Gasteiger partial charge in [0.05, 0.1) is 18.2 Å². The summed E-state index contributed by atoms with van der Waals surface area (Å²) in [5, 5.41) is 79.6. The van der Waals surface area contributed by atoms with E-state index in [0.717, 1.165) is 0 Å². The molecule has 0 bridgehead atoms. The third kappa shape index (κ3) is 6.35. The average Bonchev–Trinajstić information content (AvgIpc) is 2.98. The summed E-state index contributed by atoms with van der Waals surface area (Å²) in [7, 11) is 0. The van der Waals surface area contributed by atoms with E-state index in [9.17, 15) is 45.6 Å². The van der Waals surface area contributed by atoms with Crippen LogP contribution in [0.4, 0.5) is 0 Å². The quantitative estimate of drug-likeness (QED) is 0.0838. The minimum absolute atomic E-state index is 0.00578. The number of fused-ring (bicyclic) bond motifs is 1. The predicted molar refractivity (Wildman–Crippen MR) is 149 cm³/mol. The summed E-state index contributed by atoms with van der Waals surface area (Å²) in [5.74, 6) is -1.54. The van der Waals surface area contributed by atoms with Crippen LogP contribution < -0.4 is 9.47 Å². The number of benzene rings is 3. The number of aromatic hydroxyl groups is 4. The van der Waals surface area contributed by atoms with Crippen molar-refractivity contribution >= 4 is 18.1 Å². The second-order valence-corrected chi connectivity index (χ2v) is 9.83. The first-order chi connectivity index (χ1) is 20.5. The Morgan fingerprint density at radius 2 is 1.60 bits per heavy atom. The fraction of sp³-hybridized carbons (Fsp3) is 0.233. The number of rotatable bonds is 7. The molecule has 1 fully saturated rings. The number of phenols is 4. The second kappa shape index (κ2) is 12.2. The van der Waals surface area contributed by atoms with Crippen LogP contribution in [0.15, 0.2) is 66.4 Å². The van der Waals surface area contributed by atoms with Crippen molar-refractivity contribution in [3.63, 3.8) is 0 Å². The van der Waals surface area contributed by atoms with Crippen molar-refractivity contribution in [2.24, 2.45) is 0 Å². The molecular formula is C30H29O13+. The van der Waals surface area contributed by atoms with E-state index >= 15 is 0 Å². The van der Waals surface area contributed by atoms with Gasteiger partial charge in [-0.15, -0.1) is 0 Å². The molecule has 0 aromatic heterocycles. The van der Waals surface area contributed by atoms with Crippen molar-refractivity contribution in [3.05, 3.63) is 83.1 Å². The summed E-state index contributed by atoms with van der Waals surface area (Å²) in [6.45, 7) is -0.676. The highest BCUT2D eigenvalue weighted by Crippen LogP contribution is 2.45. The van der Waals surface area contributed by atoms with E-state index in [1.54, 1.807) is 12.1 Å².